The highest BCUT2D eigenvalue weighted by Gasteiger charge is 2.02. The first-order valence-electron chi connectivity index (χ1n) is 3.75. The Balaban J connectivity index is 2.83. The number of hydrogen-bond acceptors (Lipinski definition) is 3. The number of benzene rings is 1. The molecule has 14 heavy (non-hydrogen) atoms. The average molecular weight is 193 g/mol. The molecule has 0 aliphatic heterocycles. The largest absolute Gasteiger partial charge is 0.478 e. The molecule has 0 spiro atoms. The van der Waals surface area contributed by atoms with Crippen LogP contribution in [-0.4, -0.2) is 16.0 Å². The Hall–Kier alpha value is -2.17. The highest BCUT2D eigenvalue weighted by molar-refractivity contribution is 5.85. The predicted octanol–water partition coefficient (Wildman–Crippen LogP) is 1.69. The van der Waals surface area contributed by atoms with Crippen molar-refractivity contribution in [3.8, 4) is 0 Å². The van der Waals surface area contributed by atoms with E-state index in [4.69, 9.17) is 5.11 Å². The Morgan fingerprint density at radius 1 is 1.36 bits per heavy atom. The highest BCUT2D eigenvalue weighted by atomic mass is 16.6. The molecule has 0 saturated carbocycles. The number of carboxylic acid groups (broad SMARTS) is 1. The van der Waals surface area contributed by atoms with E-state index in [1.165, 1.54) is 30.3 Å². The maximum atomic E-state index is 10.3. The molecule has 0 fully saturated rings. The number of carbonyl (C=O) groups is 1. The van der Waals surface area contributed by atoms with Gasteiger partial charge in [-0.25, -0.2) is 4.79 Å². The van der Waals surface area contributed by atoms with Gasteiger partial charge in [0.2, 0.25) is 0 Å². The van der Waals surface area contributed by atoms with Gasteiger partial charge in [0.05, 0.1) is 4.92 Å². The molecular weight excluding hydrogens is 186 g/mol. The van der Waals surface area contributed by atoms with Crippen molar-refractivity contribution in [3.63, 3.8) is 0 Å². The SMILES string of the molecule is O=C(O)/C=C\c1ccc([N+](=O)[O-])cc1. The van der Waals surface area contributed by atoms with E-state index in [0.29, 0.717) is 5.56 Å². The minimum absolute atomic E-state index is 0.0162. The number of nitrogens with zero attached hydrogens (tertiary/aromatic N) is 1. The van der Waals surface area contributed by atoms with Crippen LogP contribution in [0.2, 0.25) is 0 Å². The van der Waals surface area contributed by atoms with E-state index in [2.05, 4.69) is 0 Å². The summed E-state index contributed by atoms with van der Waals surface area (Å²) in [6, 6.07) is 5.61. The number of aliphatic carboxylic acids is 1. The Morgan fingerprint density at radius 3 is 2.36 bits per heavy atom. The van der Waals surface area contributed by atoms with Gasteiger partial charge in [0.25, 0.3) is 5.69 Å². The molecule has 0 aromatic heterocycles. The van der Waals surface area contributed by atoms with Crippen LogP contribution in [0.3, 0.4) is 0 Å². The summed E-state index contributed by atoms with van der Waals surface area (Å²) >= 11 is 0. The Morgan fingerprint density at radius 2 is 1.93 bits per heavy atom. The molecule has 0 atom stereocenters. The van der Waals surface area contributed by atoms with Crippen molar-refractivity contribution >= 4 is 17.7 Å². The van der Waals surface area contributed by atoms with Crippen molar-refractivity contribution < 1.29 is 14.8 Å². The van der Waals surface area contributed by atoms with Gasteiger partial charge >= 0.3 is 5.97 Å². The fraction of sp³-hybridized carbons (Fsp3) is 0. The second-order valence-electron chi connectivity index (χ2n) is 2.52. The van der Waals surface area contributed by atoms with Gasteiger partial charge in [-0.1, -0.05) is 0 Å². The topological polar surface area (TPSA) is 80.4 Å². The molecule has 72 valence electrons. The normalized spacial score (nSPS) is 10.3. The van der Waals surface area contributed by atoms with Crippen molar-refractivity contribution in [2.24, 2.45) is 0 Å². The second kappa shape index (κ2) is 4.18. The van der Waals surface area contributed by atoms with Crippen molar-refractivity contribution in [1.29, 1.82) is 0 Å². The Bertz CT molecular complexity index is 380. The molecular formula is C9H7NO4. The maximum Gasteiger partial charge on any atom is 0.328 e. The predicted molar refractivity (Wildman–Crippen MR) is 49.8 cm³/mol. The number of nitro benzene ring substituents is 1. The van der Waals surface area contributed by atoms with Crippen LogP contribution in [0.5, 0.6) is 0 Å². The third-order valence-electron chi connectivity index (χ3n) is 1.52. The van der Waals surface area contributed by atoms with Crippen LogP contribution in [-0.2, 0) is 4.79 Å². The van der Waals surface area contributed by atoms with Crippen molar-refractivity contribution in [2.75, 3.05) is 0 Å². The van der Waals surface area contributed by atoms with E-state index >= 15 is 0 Å². The molecule has 1 N–H and O–H groups in total. The zero-order valence-corrected chi connectivity index (χ0v) is 7.08. The molecule has 0 unspecified atom stereocenters. The summed E-state index contributed by atoms with van der Waals surface area (Å²) in [5.41, 5.74) is 0.593. The lowest BCUT2D eigenvalue weighted by Gasteiger charge is -1.92. The zero-order valence-electron chi connectivity index (χ0n) is 7.08. The first kappa shape index (κ1) is 9.91. The number of non-ortho nitro benzene ring substituents is 1. The summed E-state index contributed by atoms with van der Waals surface area (Å²) in [4.78, 5) is 19.9. The summed E-state index contributed by atoms with van der Waals surface area (Å²) < 4.78 is 0. The maximum absolute atomic E-state index is 10.3. The minimum Gasteiger partial charge on any atom is -0.478 e. The first-order valence-corrected chi connectivity index (χ1v) is 3.75. The van der Waals surface area contributed by atoms with Crippen molar-refractivity contribution in [2.45, 2.75) is 0 Å². The minimum atomic E-state index is -1.05. The van der Waals surface area contributed by atoms with Gasteiger partial charge in [0, 0.05) is 18.2 Å². The number of nitro groups is 1. The van der Waals surface area contributed by atoms with Gasteiger partial charge in [0.1, 0.15) is 0 Å². The summed E-state index contributed by atoms with van der Waals surface area (Å²) in [5.74, 6) is -1.05. The number of rotatable bonds is 3. The lowest BCUT2D eigenvalue weighted by atomic mass is 10.2. The van der Waals surface area contributed by atoms with Crippen LogP contribution < -0.4 is 0 Å². The van der Waals surface area contributed by atoms with Gasteiger partial charge in [-0.05, 0) is 23.8 Å². The molecule has 0 bridgehead atoms. The zero-order chi connectivity index (χ0) is 10.6. The third-order valence-corrected chi connectivity index (χ3v) is 1.52. The summed E-state index contributed by atoms with van der Waals surface area (Å²) in [7, 11) is 0. The van der Waals surface area contributed by atoms with Gasteiger partial charge in [0.15, 0.2) is 0 Å². The van der Waals surface area contributed by atoms with Gasteiger partial charge in [-0.15, -0.1) is 0 Å². The fourth-order valence-corrected chi connectivity index (χ4v) is 0.875. The average Bonchev–Trinajstić information content (AvgIpc) is 2.15. The van der Waals surface area contributed by atoms with Crippen LogP contribution in [0.15, 0.2) is 30.3 Å². The monoisotopic (exact) mass is 193 g/mol. The van der Waals surface area contributed by atoms with E-state index in [1.54, 1.807) is 0 Å². The van der Waals surface area contributed by atoms with Crippen molar-refractivity contribution in [1.82, 2.24) is 0 Å². The molecule has 5 nitrogen and oxygen atoms in total. The van der Waals surface area contributed by atoms with E-state index in [-0.39, 0.29) is 5.69 Å². The molecule has 1 rings (SSSR count). The third kappa shape index (κ3) is 2.71. The van der Waals surface area contributed by atoms with Crippen LogP contribution in [0.1, 0.15) is 5.56 Å². The molecule has 0 aliphatic carbocycles. The van der Waals surface area contributed by atoms with Crippen LogP contribution in [0, 0.1) is 10.1 Å². The molecule has 0 saturated heterocycles. The summed E-state index contributed by atoms with van der Waals surface area (Å²) in [6.07, 6.45) is 2.34. The second-order valence-corrected chi connectivity index (χ2v) is 2.52. The Labute approximate surface area is 79.4 Å². The van der Waals surface area contributed by atoms with E-state index in [9.17, 15) is 14.9 Å². The van der Waals surface area contributed by atoms with Crippen LogP contribution in [0.4, 0.5) is 5.69 Å². The lowest BCUT2D eigenvalue weighted by Crippen LogP contribution is -1.88. The standard InChI is InChI=1S/C9H7NO4/c11-9(12)6-3-7-1-4-8(5-2-7)10(13)14/h1-6H,(H,11,12)/b6-3-. The molecule has 1 aromatic carbocycles. The van der Waals surface area contributed by atoms with Crippen LogP contribution in [0.25, 0.3) is 6.08 Å². The first-order chi connectivity index (χ1) is 6.59. The molecule has 1 aromatic rings. The summed E-state index contributed by atoms with van der Waals surface area (Å²) in [5, 5.41) is 18.6. The summed E-state index contributed by atoms with van der Waals surface area (Å²) in [6.45, 7) is 0. The van der Waals surface area contributed by atoms with Gasteiger partial charge in [-0.3, -0.25) is 10.1 Å². The van der Waals surface area contributed by atoms with E-state index in [0.717, 1.165) is 6.08 Å². The molecule has 0 heterocycles. The number of carboxylic acids is 1. The van der Waals surface area contributed by atoms with E-state index in [1.807, 2.05) is 0 Å². The van der Waals surface area contributed by atoms with Gasteiger partial charge in [-0.2, -0.15) is 0 Å². The fourth-order valence-electron chi connectivity index (χ4n) is 0.875. The highest BCUT2D eigenvalue weighted by Crippen LogP contribution is 2.12. The smallest absolute Gasteiger partial charge is 0.328 e. The molecule has 0 radical (unpaired) electrons. The molecule has 0 aliphatic rings. The van der Waals surface area contributed by atoms with E-state index < -0.39 is 10.9 Å². The van der Waals surface area contributed by atoms with Gasteiger partial charge < -0.3 is 5.11 Å². The molecule has 5 heteroatoms. The van der Waals surface area contributed by atoms with Crippen LogP contribution >= 0.6 is 0 Å². The number of hydrogen-bond donors (Lipinski definition) is 1. The lowest BCUT2D eigenvalue weighted by molar-refractivity contribution is -0.384. The van der Waals surface area contributed by atoms with Crippen molar-refractivity contribution in [3.05, 3.63) is 46.0 Å². The Kier molecular flexibility index (Phi) is 2.96. The quantitative estimate of drug-likeness (QED) is 0.450. The molecule has 0 amide bonds.